The average Bonchev–Trinajstić information content (AvgIpc) is 3.00. The minimum absolute atomic E-state index is 0.0452. The van der Waals surface area contributed by atoms with Gasteiger partial charge in [0.25, 0.3) is 5.91 Å². The highest BCUT2D eigenvalue weighted by Crippen LogP contribution is 2.32. The first-order valence-corrected chi connectivity index (χ1v) is 17.3. The second kappa shape index (κ2) is 13.5. The van der Waals surface area contributed by atoms with Gasteiger partial charge in [-0.05, 0) is 82.7 Å². The minimum Gasteiger partial charge on any atom is -0.368 e. The van der Waals surface area contributed by atoms with E-state index in [0.717, 1.165) is 74.2 Å². The van der Waals surface area contributed by atoms with E-state index in [1.165, 1.54) is 16.9 Å². The number of carbonyl (C=O) groups is 1. The van der Waals surface area contributed by atoms with Crippen molar-refractivity contribution in [3.05, 3.63) is 52.4 Å². The fraction of sp³-hybridized carbons (Fsp3) is 0.633. The number of hydrogen-bond acceptors (Lipinski definition) is 8. The summed E-state index contributed by atoms with van der Waals surface area (Å²) in [4.78, 5) is 26.7. The molecule has 1 aromatic heterocycles. The van der Waals surface area contributed by atoms with Crippen molar-refractivity contribution in [3.8, 4) is 0 Å². The molecular weight excluding hydrogens is 576 g/mol. The molecule has 3 aliphatic heterocycles. The van der Waals surface area contributed by atoms with Crippen molar-refractivity contribution in [2.24, 2.45) is 0 Å². The molecule has 3 fully saturated rings. The fourth-order valence-electron chi connectivity index (χ4n) is 6.50. The van der Waals surface area contributed by atoms with E-state index < -0.39 is 10.0 Å². The minimum atomic E-state index is -3.17. The van der Waals surface area contributed by atoms with E-state index in [2.05, 4.69) is 20.2 Å². The molecule has 1 N–H and O–H groups in total. The Morgan fingerprint density at radius 1 is 1.05 bits per heavy atom. The first-order valence-electron chi connectivity index (χ1n) is 15.0. The number of anilines is 1. The number of amides is 1. The van der Waals surface area contributed by atoms with E-state index in [9.17, 15) is 13.2 Å². The van der Waals surface area contributed by atoms with Crippen LogP contribution in [0.25, 0.3) is 0 Å². The van der Waals surface area contributed by atoms with E-state index in [0.29, 0.717) is 37.2 Å². The second-order valence-corrected chi connectivity index (χ2v) is 14.4. The van der Waals surface area contributed by atoms with E-state index in [1.54, 1.807) is 7.05 Å². The van der Waals surface area contributed by atoms with Crippen LogP contribution >= 0.6 is 11.6 Å². The molecule has 230 valence electrons. The maximum absolute atomic E-state index is 13.5. The lowest BCUT2D eigenvalue weighted by Crippen LogP contribution is -2.52. The van der Waals surface area contributed by atoms with Gasteiger partial charge in [0.1, 0.15) is 17.8 Å². The molecule has 0 saturated carbocycles. The molecule has 1 aromatic carbocycles. The quantitative estimate of drug-likeness (QED) is 0.471. The van der Waals surface area contributed by atoms with Crippen molar-refractivity contribution in [2.45, 2.75) is 76.2 Å². The Morgan fingerprint density at radius 3 is 2.40 bits per heavy atom. The summed E-state index contributed by atoms with van der Waals surface area (Å²) in [5, 5.41) is 4.14. The van der Waals surface area contributed by atoms with Crippen LogP contribution in [0.1, 0.15) is 72.7 Å². The van der Waals surface area contributed by atoms with Gasteiger partial charge >= 0.3 is 0 Å². The maximum Gasteiger partial charge on any atom is 0.272 e. The third-order valence-corrected chi connectivity index (χ3v) is 10.8. The Kier molecular flexibility index (Phi) is 10.0. The molecule has 1 amide bonds. The molecule has 4 heterocycles. The summed E-state index contributed by atoms with van der Waals surface area (Å²) >= 11 is 6.05. The zero-order chi connectivity index (χ0) is 29.9. The number of carbonyl (C=O) groups excluding carboxylic acids is 1. The molecule has 0 aliphatic carbocycles. The average molecular weight is 619 g/mol. The predicted molar refractivity (Wildman–Crippen MR) is 164 cm³/mol. The zero-order valence-electron chi connectivity index (χ0n) is 24.8. The summed E-state index contributed by atoms with van der Waals surface area (Å²) in [6.07, 6.45) is 9.35. The number of aromatic nitrogens is 2. The topological polar surface area (TPSA) is 108 Å². The highest BCUT2D eigenvalue weighted by Gasteiger charge is 2.33. The molecule has 42 heavy (non-hydrogen) atoms. The first kappa shape index (κ1) is 31.1. The largest absolute Gasteiger partial charge is 0.368 e. The van der Waals surface area contributed by atoms with Gasteiger partial charge in [0.2, 0.25) is 10.0 Å². The third kappa shape index (κ3) is 7.42. The number of halogens is 1. The van der Waals surface area contributed by atoms with Gasteiger partial charge < -0.3 is 19.9 Å². The molecule has 0 bridgehead atoms. The van der Waals surface area contributed by atoms with E-state index in [4.69, 9.17) is 16.3 Å². The lowest BCUT2D eigenvalue weighted by molar-refractivity contribution is -0.0442. The molecule has 0 spiro atoms. The number of rotatable bonds is 8. The van der Waals surface area contributed by atoms with Crippen LogP contribution in [0, 0.1) is 6.92 Å². The molecule has 3 saturated heterocycles. The predicted octanol–water partition coefficient (Wildman–Crippen LogP) is 4.12. The van der Waals surface area contributed by atoms with Crippen LogP contribution in [0.5, 0.6) is 0 Å². The summed E-state index contributed by atoms with van der Waals surface area (Å²) in [7, 11) is -1.49. The van der Waals surface area contributed by atoms with Crippen molar-refractivity contribution in [1.29, 1.82) is 0 Å². The fourth-order valence-corrected chi connectivity index (χ4v) is 7.37. The Balaban J connectivity index is 1.11. The molecule has 0 radical (unpaired) electrons. The molecule has 10 nitrogen and oxygen atoms in total. The van der Waals surface area contributed by atoms with Crippen LogP contribution in [0.15, 0.2) is 30.6 Å². The van der Waals surface area contributed by atoms with Gasteiger partial charge in [0.05, 0.1) is 18.5 Å². The van der Waals surface area contributed by atoms with Crippen molar-refractivity contribution in [3.63, 3.8) is 0 Å². The number of sulfonamides is 1. The summed E-state index contributed by atoms with van der Waals surface area (Å²) in [5.41, 5.74) is 2.34. The molecule has 1 unspecified atom stereocenters. The number of nitrogens with one attached hydrogen (secondary N) is 1. The Bertz CT molecular complexity index is 1330. The summed E-state index contributed by atoms with van der Waals surface area (Å²) in [5.74, 6) is 0.615. The number of piperidine rings is 2. The van der Waals surface area contributed by atoms with Crippen molar-refractivity contribution in [1.82, 2.24) is 24.1 Å². The Labute approximate surface area is 254 Å². The third-order valence-electron chi connectivity index (χ3n) is 9.18. The van der Waals surface area contributed by atoms with Gasteiger partial charge in [-0.15, -0.1) is 0 Å². The maximum atomic E-state index is 13.5. The van der Waals surface area contributed by atoms with E-state index in [-0.39, 0.29) is 24.2 Å². The SMILES string of the molecule is Cc1c(NCC2CCC[C@@H](c3ccc(Cl)cc3)O2)ncnc1C(=O)N1CCC(N2CCC(N(C)S(C)(=O)=O)CC2)CC1. The number of ether oxygens (including phenoxy) is 1. The number of hydrogen-bond donors (Lipinski definition) is 1. The Morgan fingerprint density at radius 2 is 1.74 bits per heavy atom. The standard InChI is InChI=1S/C30H43ClN6O4S/c1-21-28(30(38)37-17-13-25(14-18-37)36-15-11-24(12-16-36)35(2)42(3,39)40)33-20-34-29(21)32-19-26-5-4-6-27(41-26)22-7-9-23(31)10-8-22/h7-10,20,24-27H,4-6,11-19H2,1-3H3,(H,32,33,34)/t26?,27-/m0/s1. The normalized spacial score (nSPS) is 23.3. The molecule has 2 aromatic rings. The van der Waals surface area contributed by atoms with Crippen LogP contribution < -0.4 is 5.32 Å². The van der Waals surface area contributed by atoms with Crippen molar-refractivity contribution < 1.29 is 17.9 Å². The van der Waals surface area contributed by atoms with Crippen LogP contribution in [-0.2, 0) is 14.8 Å². The lowest BCUT2D eigenvalue weighted by Gasteiger charge is -2.43. The lowest BCUT2D eigenvalue weighted by atomic mass is 9.97. The number of nitrogens with zero attached hydrogens (tertiary/aromatic N) is 5. The second-order valence-electron chi connectivity index (χ2n) is 11.9. The summed E-state index contributed by atoms with van der Waals surface area (Å²) < 4.78 is 31.7. The number of likely N-dealkylation sites (tertiary alicyclic amines) is 2. The molecular formula is C30H43ClN6O4S. The van der Waals surface area contributed by atoms with Crippen molar-refractivity contribution >= 4 is 33.3 Å². The van der Waals surface area contributed by atoms with Crippen LogP contribution in [-0.4, -0.2) is 103 Å². The van der Waals surface area contributed by atoms with Gasteiger partial charge in [-0.3, -0.25) is 4.79 Å². The van der Waals surface area contributed by atoms with Gasteiger partial charge in [-0.25, -0.2) is 22.7 Å². The zero-order valence-corrected chi connectivity index (χ0v) is 26.4. The summed E-state index contributed by atoms with van der Waals surface area (Å²) in [6, 6.07) is 8.34. The molecule has 12 heteroatoms. The highest BCUT2D eigenvalue weighted by molar-refractivity contribution is 7.88. The van der Waals surface area contributed by atoms with E-state index >= 15 is 0 Å². The van der Waals surface area contributed by atoms with Gasteiger partial charge in [0.15, 0.2) is 0 Å². The van der Waals surface area contributed by atoms with Crippen LogP contribution in [0.4, 0.5) is 5.82 Å². The van der Waals surface area contributed by atoms with Gasteiger partial charge in [0, 0.05) is 49.4 Å². The van der Waals surface area contributed by atoms with Gasteiger partial charge in [-0.1, -0.05) is 23.7 Å². The van der Waals surface area contributed by atoms with Gasteiger partial charge in [-0.2, -0.15) is 0 Å². The molecule has 5 rings (SSSR count). The summed E-state index contributed by atoms with van der Waals surface area (Å²) in [6.45, 7) is 5.64. The van der Waals surface area contributed by atoms with E-state index in [1.807, 2.05) is 36.1 Å². The highest BCUT2D eigenvalue weighted by atomic mass is 35.5. The smallest absolute Gasteiger partial charge is 0.272 e. The van der Waals surface area contributed by atoms with Crippen LogP contribution in [0.3, 0.4) is 0 Å². The monoisotopic (exact) mass is 618 g/mol. The molecule has 2 atom stereocenters. The Hall–Kier alpha value is -2.31. The van der Waals surface area contributed by atoms with Crippen molar-refractivity contribution in [2.75, 3.05) is 51.3 Å². The molecule has 3 aliphatic rings. The van der Waals surface area contributed by atoms with Crippen LogP contribution in [0.2, 0.25) is 5.02 Å². The first-order chi connectivity index (χ1) is 20.1. The number of benzene rings is 1.